The molecule has 0 saturated heterocycles. The zero-order chi connectivity index (χ0) is 9.40. The largest absolute Gasteiger partial charge is 0.494 e. The van der Waals surface area contributed by atoms with Crippen LogP contribution in [0.25, 0.3) is 0 Å². The molecule has 70 valence electrons. The van der Waals surface area contributed by atoms with E-state index >= 15 is 0 Å². The highest BCUT2D eigenvalue weighted by Crippen LogP contribution is 2.08. The van der Waals surface area contributed by atoms with Crippen molar-refractivity contribution in [3.05, 3.63) is 24.2 Å². The van der Waals surface area contributed by atoms with Crippen molar-refractivity contribution in [2.24, 2.45) is 0 Å². The van der Waals surface area contributed by atoms with E-state index in [1.807, 2.05) is 20.0 Å². The van der Waals surface area contributed by atoms with Gasteiger partial charge in [-0.05, 0) is 20.0 Å². The molecule has 0 spiro atoms. The number of ether oxygens (including phenoxy) is 2. The van der Waals surface area contributed by atoms with Crippen molar-refractivity contribution in [2.75, 3.05) is 27.3 Å². The van der Waals surface area contributed by atoms with Crippen molar-refractivity contribution in [3.63, 3.8) is 0 Å². The van der Waals surface area contributed by atoms with Crippen LogP contribution in [0.4, 0.5) is 0 Å². The number of allylic oxidation sites excluding steroid dienone is 1. The predicted molar refractivity (Wildman–Crippen MR) is 49.8 cm³/mol. The molecule has 0 heterocycles. The zero-order valence-electron chi connectivity index (χ0n) is 8.02. The maximum absolute atomic E-state index is 5.36. The quantitative estimate of drug-likeness (QED) is 0.371. The van der Waals surface area contributed by atoms with Crippen molar-refractivity contribution >= 4 is 0 Å². The Kier molecular flexibility index (Phi) is 6.19. The van der Waals surface area contributed by atoms with Crippen LogP contribution in [0.5, 0.6) is 0 Å². The molecule has 0 aliphatic rings. The molecular weight excluding hydrogens is 154 g/mol. The van der Waals surface area contributed by atoms with Crippen molar-refractivity contribution in [3.8, 4) is 0 Å². The van der Waals surface area contributed by atoms with E-state index in [0.29, 0.717) is 18.1 Å². The molecule has 0 aliphatic carbocycles. The Hall–Kier alpha value is -0.960. The molecule has 0 saturated carbocycles. The van der Waals surface area contributed by atoms with Gasteiger partial charge in [0.1, 0.15) is 6.61 Å². The summed E-state index contributed by atoms with van der Waals surface area (Å²) in [7, 11) is 3.46. The van der Waals surface area contributed by atoms with Crippen molar-refractivity contribution < 1.29 is 9.47 Å². The van der Waals surface area contributed by atoms with Gasteiger partial charge in [0.15, 0.2) is 11.5 Å². The summed E-state index contributed by atoms with van der Waals surface area (Å²) in [5.74, 6) is 1.27. The molecular formula is C9H17NO2. The third-order valence-electron chi connectivity index (χ3n) is 1.39. The normalized spacial score (nSPS) is 11.1. The van der Waals surface area contributed by atoms with Crippen molar-refractivity contribution in [2.45, 2.75) is 6.92 Å². The van der Waals surface area contributed by atoms with Crippen LogP contribution in [0.15, 0.2) is 24.2 Å². The third kappa shape index (κ3) is 4.03. The number of hydrogen-bond acceptors (Lipinski definition) is 3. The molecule has 0 aromatic carbocycles. The van der Waals surface area contributed by atoms with Gasteiger partial charge in [0.2, 0.25) is 0 Å². The first kappa shape index (κ1) is 11.0. The van der Waals surface area contributed by atoms with Crippen LogP contribution in [0, 0.1) is 0 Å². The van der Waals surface area contributed by atoms with Gasteiger partial charge in [-0.1, -0.05) is 6.58 Å². The van der Waals surface area contributed by atoms with E-state index < -0.39 is 0 Å². The molecule has 0 fully saturated rings. The Morgan fingerprint density at radius 1 is 1.58 bits per heavy atom. The molecule has 0 amide bonds. The summed E-state index contributed by atoms with van der Waals surface area (Å²) in [6.07, 6.45) is 1.83. The molecule has 3 nitrogen and oxygen atoms in total. The average Bonchev–Trinajstić information content (AvgIpc) is 2.11. The van der Waals surface area contributed by atoms with Crippen molar-refractivity contribution in [1.29, 1.82) is 0 Å². The second-order valence-corrected chi connectivity index (χ2v) is 2.23. The Labute approximate surface area is 74.1 Å². The first-order valence-corrected chi connectivity index (χ1v) is 3.93. The lowest BCUT2D eigenvalue weighted by atomic mass is 10.4. The fourth-order valence-corrected chi connectivity index (χ4v) is 0.688. The van der Waals surface area contributed by atoms with E-state index in [0.717, 1.165) is 6.54 Å². The Morgan fingerprint density at radius 3 is 2.67 bits per heavy atom. The van der Waals surface area contributed by atoms with Crippen LogP contribution in [0.1, 0.15) is 6.92 Å². The number of likely N-dealkylation sites (N-methyl/N-ethyl adjacent to an activating group) is 1. The highest BCUT2D eigenvalue weighted by atomic mass is 16.5. The molecule has 0 unspecified atom stereocenters. The second kappa shape index (κ2) is 6.73. The molecule has 3 heteroatoms. The van der Waals surface area contributed by atoms with Gasteiger partial charge in [-0.3, -0.25) is 0 Å². The van der Waals surface area contributed by atoms with Crippen LogP contribution in [0.3, 0.4) is 0 Å². The van der Waals surface area contributed by atoms with Gasteiger partial charge in [-0.2, -0.15) is 0 Å². The van der Waals surface area contributed by atoms with Gasteiger partial charge >= 0.3 is 0 Å². The number of rotatable bonds is 6. The summed E-state index contributed by atoms with van der Waals surface area (Å²) in [5.41, 5.74) is 0. The summed E-state index contributed by atoms with van der Waals surface area (Å²) in [5, 5.41) is 2.98. The van der Waals surface area contributed by atoms with E-state index in [2.05, 4.69) is 11.9 Å². The first-order valence-electron chi connectivity index (χ1n) is 3.93. The predicted octanol–water partition coefficient (Wildman–Crippen LogP) is 1.29. The fourth-order valence-electron chi connectivity index (χ4n) is 0.688. The van der Waals surface area contributed by atoms with Crippen LogP contribution < -0.4 is 5.32 Å². The SMILES string of the molecule is C=C(OC)C(=CC)OCCNC. The fraction of sp³-hybridized carbons (Fsp3) is 0.556. The monoisotopic (exact) mass is 171 g/mol. The van der Waals surface area contributed by atoms with Gasteiger partial charge in [-0.15, -0.1) is 0 Å². The minimum Gasteiger partial charge on any atom is -0.494 e. The maximum Gasteiger partial charge on any atom is 0.156 e. The zero-order valence-corrected chi connectivity index (χ0v) is 8.02. The molecule has 0 aromatic rings. The lowest BCUT2D eigenvalue weighted by Gasteiger charge is -2.10. The maximum atomic E-state index is 5.36. The van der Waals surface area contributed by atoms with Gasteiger partial charge in [0, 0.05) is 6.54 Å². The van der Waals surface area contributed by atoms with Gasteiger partial charge in [0.25, 0.3) is 0 Å². The smallest absolute Gasteiger partial charge is 0.156 e. The standard InChI is InChI=1S/C9H17NO2/c1-5-9(8(2)11-4)12-7-6-10-3/h5,10H,2,6-7H2,1,3-4H3. The minimum absolute atomic E-state index is 0.564. The molecule has 0 aromatic heterocycles. The van der Waals surface area contributed by atoms with Gasteiger partial charge < -0.3 is 14.8 Å². The van der Waals surface area contributed by atoms with Gasteiger partial charge in [0.05, 0.1) is 7.11 Å². The van der Waals surface area contributed by atoms with E-state index in [1.165, 1.54) is 0 Å². The van der Waals surface area contributed by atoms with Crippen LogP contribution in [-0.2, 0) is 9.47 Å². The summed E-state index contributed by atoms with van der Waals surface area (Å²) < 4.78 is 10.3. The highest BCUT2D eigenvalue weighted by Gasteiger charge is 2.00. The van der Waals surface area contributed by atoms with Crippen molar-refractivity contribution in [1.82, 2.24) is 5.32 Å². The summed E-state index contributed by atoms with van der Waals surface area (Å²) in [6, 6.07) is 0. The first-order chi connectivity index (χ1) is 5.76. The van der Waals surface area contributed by atoms with E-state index in [4.69, 9.17) is 9.47 Å². The molecule has 0 rings (SSSR count). The number of nitrogens with one attached hydrogen (secondary N) is 1. The second-order valence-electron chi connectivity index (χ2n) is 2.23. The summed E-state index contributed by atoms with van der Waals surface area (Å²) >= 11 is 0. The molecule has 1 N–H and O–H groups in total. The Morgan fingerprint density at radius 2 is 2.25 bits per heavy atom. The Balaban J connectivity index is 3.77. The van der Waals surface area contributed by atoms with Crippen LogP contribution in [0.2, 0.25) is 0 Å². The average molecular weight is 171 g/mol. The molecule has 0 radical (unpaired) electrons. The van der Waals surface area contributed by atoms with Gasteiger partial charge in [-0.25, -0.2) is 0 Å². The third-order valence-corrected chi connectivity index (χ3v) is 1.39. The molecule has 0 aliphatic heterocycles. The number of methoxy groups -OCH3 is 1. The van der Waals surface area contributed by atoms with Crippen LogP contribution >= 0.6 is 0 Å². The molecule has 0 bridgehead atoms. The number of hydrogen-bond donors (Lipinski definition) is 1. The molecule has 12 heavy (non-hydrogen) atoms. The topological polar surface area (TPSA) is 30.5 Å². The van der Waals surface area contributed by atoms with E-state index in [9.17, 15) is 0 Å². The minimum atomic E-state index is 0.564. The Bertz CT molecular complexity index is 164. The van der Waals surface area contributed by atoms with Crippen LogP contribution in [-0.4, -0.2) is 27.3 Å². The van der Waals surface area contributed by atoms with E-state index in [1.54, 1.807) is 7.11 Å². The lowest BCUT2D eigenvalue weighted by molar-refractivity contribution is 0.179. The van der Waals surface area contributed by atoms with E-state index in [-0.39, 0.29) is 0 Å². The lowest BCUT2D eigenvalue weighted by Crippen LogP contribution is -2.14. The summed E-state index contributed by atoms with van der Waals surface area (Å²) in [6.45, 7) is 7.01. The molecule has 0 atom stereocenters. The highest BCUT2D eigenvalue weighted by molar-refractivity contribution is 5.15. The summed E-state index contributed by atoms with van der Waals surface area (Å²) in [4.78, 5) is 0.